The highest BCUT2D eigenvalue weighted by Crippen LogP contribution is 2.32. The van der Waals surface area contributed by atoms with Crippen molar-refractivity contribution in [3.05, 3.63) is 29.6 Å². The van der Waals surface area contributed by atoms with Crippen LogP contribution in [0.1, 0.15) is 11.6 Å². The van der Waals surface area contributed by atoms with Gasteiger partial charge < -0.3 is 25.4 Å². The van der Waals surface area contributed by atoms with Crippen LogP contribution < -0.4 is 16.0 Å². The van der Waals surface area contributed by atoms with Gasteiger partial charge in [0.05, 0.1) is 31.5 Å². The highest BCUT2D eigenvalue weighted by atomic mass is 19.1. The predicted molar refractivity (Wildman–Crippen MR) is 74.6 cm³/mol. The van der Waals surface area contributed by atoms with E-state index in [1.807, 2.05) is 4.90 Å². The molecule has 2 unspecified atom stereocenters. The van der Waals surface area contributed by atoms with Crippen LogP contribution in [0, 0.1) is 5.82 Å². The molecule has 7 heteroatoms. The number of carbonyl (C=O) groups excluding carboxylic acids is 1. The summed E-state index contributed by atoms with van der Waals surface area (Å²) in [7, 11) is 0. The van der Waals surface area contributed by atoms with Gasteiger partial charge in [-0.2, -0.15) is 0 Å². The Hall–Kier alpha value is -1.86. The van der Waals surface area contributed by atoms with Crippen molar-refractivity contribution in [1.82, 2.24) is 5.32 Å². The SMILES string of the molecule is NC(c1cccc(F)c1N1CCOCC1)C1CNC(=O)O1. The first kappa shape index (κ1) is 14.1. The van der Waals surface area contributed by atoms with Crippen molar-refractivity contribution in [1.29, 1.82) is 0 Å². The van der Waals surface area contributed by atoms with Crippen LogP contribution in [0.15, 0.2) is 18.2 Å². The molecule has 0 aliphatic carbocycles. The van der Waals surface area contributed by atoms with Gasteiger partial charge >= 0.3 is 6.09 Å². The fraction of sp³-hybridized carbons (Fsp3) is 0.500. The number of hydrogen-bond donors (Lipinski definition) is 2. The quantitative estimate of drug-likeness (QED) is 0.861. The van der Waals surface area contributed by atoms with Crippen molar-refractivity contribution in [2.45, 2.75) is 12.1 Å². The minimum atomic E-state index is -0.572. The number of nitrogens with two attached hydrogens (primary N) is 1. The summed E-state index contributed by atoms with van der Waals surface area (Å²) in [6, 6.07) is 4.25. The van der Waals surface area contributed by atoms with Gasteiger partial charge in [0.15, 0.2) is 0 Å². The molecule has 2 aliphatic rings. The van der Waals surface area contributed by atoms with E-state index >= 15 is 0 Å². The van der Waals surface area contributed by atoms with Crippen LogP contribution in [-0.2, 0) is 9.47 Å². The third-order valence-electron chi connectivity index (χ3n) is 3.81. The monoisotopic (exact) mass is 295 g/mol. The second-order valence-electron chi connectivity index (χ2n) is 5.13. The molecule has 1 aromatic rings. The van der Waals surface area contributed by atoms with Gasteiger partial charge in [-0.05, 0) is 11.6 Å². The van der Waals surface area contributed by atoms with Gasteiger partial charge in [-0.25, -0.2) is 9.18 Å². The molecule has 2 saturated heterocycles. The number of para-hydroxylation sites is 1. The summed E-state index contributed by atoms with van der Waals surface area (Å²) in [6.07, 6.45) is -0.973. The van der Waals surface area contributed by atoms with E-state index in [0.29, 0.717) is 44.1 Å². The Morgan fingerprint density at radius 2 is 2.14 bits per heavy atom. The van der Waals surface area contributed by atoms with Crippen molar-refractivity contribution in [2.24, 2.45) is 5.73 Å². The zero-order valence-corrected chi connectivity index (χ0v) is 11.5. The molecular weight excluding hydrogens is 277 g/mol. The first-order valence-corrected chi connectivity index (χ1v) is 6.98. The molecule has 0 saturated carbocycles. The number of nitrogens with one attached hydrogen (secondary N) is 1. The summed E-state index contributed by atoms with van der Waals surface area (Å²) >= 11 is 0. The standard InChI is InChI=1S/C14H18FN3O3/c15-10-3-1-2-9(12(16)11-8-17-14(19)21-11)13(10)18-4-6-20-7-5-18/h1-3,11-12H,4-8,16H2,(H,17,19). The first-order chi connectivity index (χ1) is 10.2. The smallest absolute Gasteiger partial charge is 0.407 e. The molecule has 3 N–H and O–H groups in total. The number of hydrogen-bond acceptors (Lipinski definition) is 5. The average Bonchev–Trinajstić information content (AvgIpc) is 2.93. The van der Waals surface area contributed by atoms with Gasteiger partial charge in [0.2, 0.25) is 0 Å². The maximum atomic E-state index is 14.3. The third kappa shape index (κ3) is 2.79. The Labute approximate surface area is 122 Å². The Bertz CT molecular complexity index is 534. The summed E-state index contributed by atoms with van der Waals surface area (Å²) in [5.41, 5.74) is 7.33. The normalized spacial score (nSPS) is 23.6. The maximum absolute atomic E-state index is 14.3. The van der Waals surface area contributed by atoms with Crippen LogP contribution >= 0.6 is 0 Å². The number of nitrogens with zero attached hydrogens (tertiary/aromatic N) is 1. The van der Waals surface area contributed by atoms with Crippen LogP contribution in [0.5, 0.6) is 0 Å². The number of halogens is 1. The van der Waals surface area contributed by atoms with E-state index in [1.54, 1.807) is 12.1 Å². The van der Waals surface area contributed by atoms with Gasteiger partial charge in [-0.15, -0.1) is 0 Å². The van der Waals surface area contributed by atoms with Crippen LogP contribution in [0.3, 0.4) is 0 Å². The number of rotatable bonds is 3. The Balaban J connectivity index is 1.90. The van der Waals surface area contributed by atoms with Crippen molar-refractivity contribution in [3.63, 3.8) is 0 Å². The third-order valence-corrected chi connectivity index (χ3v) is 3.81. The molecule has 3 rings (SSSR count). The largest absolute Gasteiger partial charge is 0.442 e. The molecule has 2 fully saturated rings. The van der Waals surface area contributed by atoms with Gasteiger partial charge in [0, 0.05) is 13.1 Å². The highest BCUT2D eigenvalue weighted by molar-refractivity contribution is 5.69. The second-order valence-corrected chi connectivity index (χ2v) is 5.13. The van der Waals surface area contributed by atoms with Gasteiger partial charge in [-0.3, -0.25) is 0 Å². The summed E-state index contributed by atoms with van der Waals surface area (Å²) in [4.78, 5) is 13.1. The van der Waals surface area contributed by atoms with E-state index in [-0.39, 0.29) is 5.82 Å². The molecular formula is C14H18FN3O3. The lowest BCUT2D eigenvalue weighted by Gasteiger charge is -2.32. The number of benzene rings is 1. The van der Waals surface area contributed by atoms with Crippen molar-refractivity contribution in [2.75, 3.05) is 37.7 Å². The van der Waals surface area contributed by atoms with Crippen LogP contribution in [-0.4, -0.2) is 45.0 Å². The molecule has 2 aliphatic heterocycles. The van der Waals surface area contributed by atoms with E-state index in [1.165, 1.54) is 6.07 Å². The molecule has 0 aromatic heterocycles. The lowest BCUT2D eigenvalue weighted by molar-refractivity contribution is 0.121. The maximum Gasteiger partial charge on any atom is 0.407 e. The fourth-order valence-electron chi connectivity index (χ4n) is 2.73. The van der Waals surface area contributed by atoms with Crippen molar-refractivity contribution in [3.8, 4) is 0 Å². The number of amides is 1. The number of anilines is 1. The minimum absolute atomic E-state index is 0.317. The highest BCUT2D eigenvalue weighted by Gasteiger charge is 2.32. The minimum Gasteiger partial charge on any atom is -0.442 e. The second kappa shape index (κ2) is 5.87. The van der Waals surface area contributed by atoms with E-state index < -0.39 is 18.2 Å². The molecule has 2 atom stereocenters. The zero-order chi connectivity index (χ0) is 14.8. The average molecular weight is 295 g/mol. The molecule has 1 aromatic carbocycles. The molecule has 114 valence electrons. The molecule has 0 bridgehead atoms. The van der Waals surface area contributed by atoms with Gasteiger partial charge in [0.25, 0.3) is 0 Å². The molecule has 2 heterocycles. The number of carbonyl (C=O) groups is 1. The number of ether oxygens (including phenoxy) is 2. The number of morpholine rings is 1. The van der Waals surface area contributed by atoms with Crippen LogP contribution in [0.2, 0.25) is 0 Å². The Morgan fingerprint density at radius 1 is 1.38 bits per heavy atom. The molecule has 0 spiro atoms. The van der Waals surface area contributed by atoms with E-state index in [4.69, 9.17) is 15.2 Å². The van der Waals surface area contributed by atoms with Gasteiger partial charge in [-0.1, -0.05) is 12.1 Å². The fourth-order valence-corrected chi connectivity index (χ4v) is 2.73. The van der Waals surface area contributed by atoms with Gasteiger partial charge in [0.1, 0.15) is 11.9 Å². The zero-order valence-electron chi connectivity index (χ0n) is 11.5. The summed E-state index contributed by atoms with van der Waals surface area (Å²) in [6.45, 7) is 2.68. The predicted octanol–water partition coefficient (Wildman–Crippen LogP) is 0.771. The molecule has 6 nitrogen and oxygen atoms in total. The van der Waals surface area contributed by atoms with E-state index in [0.717, 1.165) is 0 Å². The van der Waals surface area contributed by atoms with E-state index in [2.05, 4.69) is 5.32 Å². The summed E-state index contributed by atoms with van der Waals surface area (Å²) in [5.74, 6) is -0.317. The first-order valence-electron chi connectivity index (χ1n) is 6.98. The number of alkyl carbamates (subject to hydrolysis) is 1. The lowest BCUT2D eigenvalue weighted by Crippen LogP contribution is -2.39. The summed E-state index contributed by atoms with van der Waals surface area (Å²) in [5, 5.41) is 2.57. The van der Waals surface area contributed by atoms with Crippen LogP contribution in [0.4, 0.5) is 14.9 Å². The lowest BCUT2D eigenvalue weighted by atomic mass is 9.99. The Kier molecular flexibility index (Phi) is 3.94. The number of cyclic esters (lactones) is 1. The van der Waals surface area contributed by atoms with Crippen LogP contribution in [0.25, 0.3) is 0 Å². The molecule has 21 heavy (non-hydrogen) atoms. The van der Waals surface area contributed by atoms with Crippen molar-refractivity contribution >= 4 is 11.8 Å². The van der Waals surface area contributed by atoms with E-state index in [9.17, 15) is 9.18 Å². The Morgan fingerprint density at radius 3 is 2.81 bits per heavy atom. The molecule has 0 radical (unpaired) electrons. The molecule has 1 amide bonds. The topological polar surface area (TPSA) is 76.8 Å². The van der Waals surface area contributed by atoms with Crippen molar-refractivity contribution < 1.29 is 18.7 Å². The summed E-state index contributed by atoms with van der Waals surface area (Å²) < 4.78 is 24.7.